The van der Waals surface area contributed by atoms with Crippen molar-refractivity contribution in [2.24, 2.45) is 0 Å². The van der Waals surface area contributed by atoms with E-state index in [0.717, 1.165) is 6.42 Å². The first kappa shape index (κ1) is 16.2. The zero-order valence-electron chi connectivity index (χ0n) is 11.0. The summed E-state index contributed by atoms with van der Waals surface area (Å²) in [6, 6.07) is -0.895. The van der Waals surface area contributed by atoms with Gasteiger partial charge in [-0.15, -0.1) is 0 Å². The van der Waals surface area contributed by atoms with E-state index in [0.29, 0.717) is 6.54 Å². The van der Waals surface area contributed by atoms with Crippen molar-refractivity contribution in [3.63, 3.8) is 0 Å². The number of rotatable bonds is 7. The molecule has 104 valence electrons. The molecule has 1 unspecified atom stereocenters. The summed E-state index contributed by atoms with van der Waals surface area (Å²) in [6.07, 6.45) is 0.573. The fourth-order valence-corrected chi connectivity index (χ4v) is 1.39. The van der Waals surface area contributed by atoms with Crippen LogP contribution in [-0.2, 0) is 9.59 Å². The largest absolute Gasteiger partial charge is 0.481 e. The van der Waals surface area contributed by atoms with Gasteiger partial charge in [0.25, 0.3) is 0 Å². The second kappa shape index (κ2) is 8.32. The third kappa shape index (κ3) is 6.72. The van der Waals surface area contributed by atoms with E-state index in [2.05, 4.69) is 10.6 Å². The molecular weight excluding hydrogens is 238 g/mol. The molecule has 0 fully saturated rings. The summed E-state index contributed by atoms with van der Waals surface area (Å²) >= 11 is 0. The number of carboxylic acid groups (broad SMARTS) is 1. The van der Waals surface area contributed by atoms with Crippen LogP contribution in [0.1, 0.15) is 26.7 Å². The number of hydrogen-bond donors (Lipinski definition) is 3. The van der Waals surface area contributed by atoms with E-state index >= 15 is 0 Å². The molecule has 7 heteroatoms. The van der Waals surface area contributed by atoms with Crippen molar-refractivity contribution in [3.8, 4) is 0 Å². The van der Waals surface area contributed by atoms with Crippen LogP contribution in [-0.4, -0.2) is 54.1 Å². The Morgan fingerprint density at radius 3 is 2.39 bits per heavy atom. The Morgan fingerprint density at radius 1 is 1.33 bits per heavy atom. The molecule has 0 saturated heterocycles. The Bertz CT molecular complexity index is 307. The van der Waals surface area contributed by atoms with Gasteiger partial charge in [0.05, 0.1) is 6.42 Å². The molecule has 3 N–H and O–H groups in total. The fraction of sp³-hybridized carbons (Fsp3) is 0.727. The van der Waals surface area contributed by atoms with Crippen LogP contribution in [0.15, 0.2) is 0 Å². The molecule has 0 aliphatic heterocycles. The van der Waals surface area contributed by atoms with E-state index in [4.69, 9.17) is 5.11 Å². The van der Waals surface area contributed by atoms with E-state index in [1.165, 1.54) is 11.9 Å². The average molecular weight is 259 g/mol. The lowest BCUT2D eigenvalue weighted by Gasteiger charge is -2.23. The number of carbonyl (C=O) groups excluding carboxylic acids is 2. The molecule has 0 spiro atoms. The maximum atomic E-state index is 11.8. The second-order valence-electron chi connectivity index (χ2n) is 4.04. The predicted molar refractivity (Wildman–Crippen MR) is 66.2 cm³/mol. The molecule has 0 rings (SSSR count). The summed E-state index contributed by atoms with van der Waals surface area (Å²) in [7, 11) is 1.50. The lowest BCUT2D eigenvalue weighted by Crippen LogP contribution is -2.48. The first-order valence-electron chi connectivity index (χ1n) is 5.88. The Hall–Kier alpha value is -1.79. The van der Waals surface area contributed by atoms with Crippen molar-refractivity contribution in [3.05, 3.63) is 0 Å². The van der Waals surface area contributed by atoms with Crippen molar-refractivity contribution in [1.29, 1.82) is 0 Å². The molecule has 0 aromatic carbocycles. The van der Waals surface area contributed by atoms with Gasteiger partial charge >= 0.3 is 12.0 Å². The third-order valence-corrected chi connectivity index (χ3v) is 2.24. The fourth-order valence-electron chi connectivity index (χ4n) is 1.39. The van der Waals surface area contributed by atoms with Gasteiger partial charge in [0.2, 0.25) is 5.91 Å². The number of nitrogens with one attached hydrogen (secondary N) is 2. The lowest BCUT2D eigenvalue weighted by molar-refractivity contribution is -0.137. The van der Waals surface area contributed by atoms with Gasteiger partial charge in [-0.2, -0.15) is 0 Å². The summed E-state index contributed by atoms with van der Waals surface area (Å²) in [5, 5.41) is 13.6. The van der Waals surface area contributed by atoms with Crippen LogP contribution in [0.3, 0.4) is 0 Å². The van der Waals surface area contributed by atoms with E-state index < -0.39 is 18.0 Å². The van der Waals surface area contributed by atoms with Crippen molar-refractivity contribution < 1.29 is 19.5 Å². The molecule has 0 aliphatic carbocycles. The maximum absolute atomic E-state index is 11.8. The van der Waals surface area contributed by atoms with Crippen molar-refractivity contribution >= 4 is 17.9 Å². The number of carboxylic acids is 1. The molecule has 0 aromatic heterocycles. The number of aliphatic carboxylic acids is 1. The summed E-state index contributed by atoms with van der Waals surface area (Å²) in [4.78, 5) is 34.9. The number of carbonyl (C=O) groups is 3. The van der Waals surface area contributed by atoms with E-state index in [9.17, 15) is 14.4 Å². The number of amides is 3. The van der Waals surface area contributed by atoms with Crippen LogP contribution in [0.4, 0.5) is 4.79 Å². The summed E-state index contributed by atoms with van der Waals surface area (Å²) in [5.74, 6) is -1.24. The van der Waals surface area contributed by atoms with Gasteiger partial charge in [-0.05, 0) is 13.3 Å². The lowest BCUT2D eigenvalue weighted by atomic mass is 10.2. The van der Waals surface area contributed by atoms with Crippen LogP contribution in [0.25, 0.3) is 0 Å². The molecule has 0 radical (unpaired) electrons. The van der Waals surface area contributed by atoms with Crippen LogP contribution in [0.5, 0.6) is 0 Å². The van der Waals surface area contributed by atoms with Crippen molar-refractivity contribution in [2.75, 3.05) is 20.1 Å². The molecule has 0 heterocycles. The number of urea groups is 1. The Balaban J connectivity index is 4.37. The minimum Gasteiger partial charge on any atom is -0.481 e. The Kier molecular flexibility index (Phi) is 7.50. The monoisotopic (exact) mass is 259 g/mol. The summed E-state index contributed by atoms with van der Waals surface area (Å²) in [5.41, 5.74) is 0. The highest BCUT2D eigenvalue weighted by Gasteiger charge is 2.18. The molecular formula is C11H21N3O4. The summed E-state index contributed by atoms with van der Waals surface area (Å²) < 4.78 is 0. The molecule has 0 bridgehead atoms. The van der Waals surface area contributed by atoms with Gasteiger partial charge in [-0.1, -0.05) is 6.92 Å². The number of hydrogen-bond acceptors (Lipinski definition) is 3. The highest BCUT2D eigenvalue weighted by Crippen LogP contribution is 1.97. The second-order valence-corrected chi connectivity index (χ2v) is 4.04. The van der Waals surface area contributed by atoms with Gasteiger partial charge < -0.3 is 20.6 Å². The predicted octanol–water partition coefficient (Wildman–Crippen LogP) is 0.0172. The molecule has 1 atom stereocenters. The molecule has 0 aromatic rings. The molecule has 3 amide bonds. The average Bonchev–Trinajstić information content (AvgIpc) is 2.26. The van der Waals surface area contributed by atoms with Crippen molar-refractivity contribution in [1.82, 2.24) is 15.5 Å². The van der Waals surface area contributed by atoms with E-state index in [1.54, 1.807) is 6.92 Å². The normalized spacial score (nSPS) is 11.5. The van der Waals surface area contributed by atoms with Gasteiger partial charge in [-0.25, -0.2) is 4.79 Å². The Morgan fingerprint density at radius 2 is 1.94 bits per heavy atom. The first-order chi connectivity index (χ1) is 8.40. The smallest absolute Gasteiger partial charge is 0.318 e. The van der Waals surface area contributed by atoms with Gasteiger partial charge in [0.1, 0.15) is 6.54 Å². The zero-order chi connectivity index (χ0) is 14.1. The number of likely N-dealkylation sites (N-methyl/N-ethyl adjacent to an activating group) is 1. The van der Waals surface area contributed by atoms with E-state index in [-0.39, 0.29) is 18.9 Å². The SMILES string of the molecule is CCCN(CC(=O)NC)C(=O)NC(C)CC(=O)O. The molecule has 0 saturated carbocycles. The highest BCUT2D eigenvalue weighted by atomic mass is 16.4. The van der Waals surface area contributed by atoms with Crippen LogP contribution < -0.4 is 10.6 Å². The molecule has 7 nitrogen and oxygen atoms in total. The van der Waals surface area contributed by atoms with Gasteiger partial charge in [0, 0.05) is 19.6 Å². The Labute approximate surface area is 107 Å². The zero-order valence-corrected chi connectivity index (χ0v) is 11.0. The first-order valence-corrected chi connectivity index (χ1v) is 5.88. The number of nitrogens with zero attached hydrogens (tertiary/aromatic N) is 1. The van der Waals surface area contributed by atoms with Gasteiger partial charge in [0.15, 0.2) is 0 Å². The summed E-state index contributed by atoms with van der Waals surface area (Å²) in [6.45, 7) is 3.91. The minimum atomic E-state index is -0.976. The quantitative estimate of drug-likeness (QED) is 0.600. The molecule has 18 heavy (non-hydrogen) atoms. The highest BCUT2D eigenvalue weighted by molar-refractivity contribution is 5.84. The third-order valence-electron chi connectivity index (χ3n) is 2.24. The standard InChI is InChI=1S/C11H21N3O4/c1-4-5-14(7-9(15)12-3)11(18)13-8(2)6-10(16)17/h8H,4-7H2,1-3H3,(H,12,15)(H,13,18)(H,16,17). The minimum absolute atomic E-state index is 0.0318. The maximum Gasteiger partial charge on any atom is 0.318 e. The van der Waals surface area contributed by atoms with Gasteiger partial charge in [-0.3, -0.25) is 9.59 Å². The van der Waals surface area contributed by atoms with Crippen LogP contribution in [0.2, 0.25) is 0 Å². The van der Waals surface area contributed by atoms with Crippen LogP contribution >= 0.6 is 0 Å². The van der Waals surface area contributed by atoms with Crippen LogP contribution in [0, 0.1) is 0 Å². The van der Waals surface area contributed by atoms with E-state index in [1.807, 2.05) is 6.92 Å². The topological polar surface area (TPSA) is 98.7 Å². The van der Waals surface area contributed by atoms with Crippen molar-refractivity contribution in [2.45, 2.75) is 32.7 Å². The molecule has 0 aliphatic rings.